The maximum atomic E-state index is 14.5. The van der Waals surface area contributed by atoms with Crippen LogP contribution in [0.1, 0.15) is 51.5 Å². The van der Waals surface area contributed by atoms with Crippen molar-refractivity contribution in [3.63, 3.8) is 0 Å². The second-order valence-corrected chi connectivity index (χ2v) is 15.2. The molecule has 312 valence electrons. The van der Waals surface area contributed by atoms with Crippen molar-refractivity contribution in [2.45, 2.75) is 76.9 Å². The highest BCUT2D eigenvalue weighted by Gasteiger charge is 2.35. The van der Waals surface area contributed by atoms with E-state index in [0.29, 0.717) is 23.2 Å². The van der Waals surface area contributed by atoms with Gasteiger partial charge in [0.15, 0.2) is 0 Å². The number of allylic oxidation sites excluding steroid dienone is 2. The van der Waals surface area contributed by atoms with Crippen LogP contribution >= 0.6 is 0 Å². The van der Waals surface area contributed by atoms with Gasteiger partial charge in [0, 0.05) is 49.8 Å². The summed E-state index contributed by atoms with van der Waals surface area (Å²) in [6, 6.07) is 12.9. The van der Waals surface area contributed by atoms with Gasteiger partial charge in [-0.05, 0) is 103 Å². The summed E-state index contributed by atoms with van der Waals surface area (Å²) in [4.78, 5) is 44.7. The summed E-state index contributed by atoms with van der Waals surface area (Å²) in [5, 5.41) is 26.9. The van der Waals surface area contributed by atoms with Gasteiger partial charge in [0.05, 0.1) is 19.0 Å². The zero-order valence-corrected chi connectivity index (χ0v) is 33.0. The fourth-order valence-corrected chi connectivity index (χ4v) is 7.13. The molecule has 3 aromatic carbocycles. The number of carbonyl (C=O) groups is 3. The van der Waals surface area contributed by atoms with Gasteiger partial charge >= 0.3 is 0 Å². The lowest BCUT2D eigenvalue weighted by atomic mass is 9.83. The minimum atomic E-state index is -1.43. The first kappa shape index (κ1) is 45.2. The first-order valence-corrected chi connectivity index (χ1v) is 19.0. The second kappa shape index (κ2) is 20.8. The summed E-state index contributed by atoms with van der Waals surface area (Å²) in [7, 11) is 1.51. The number of phenolic OH excluding ortho intramolecular Hbond substituents is 1. The molecule has 1 aliphatic carbocycles. The molecule has 1 aliphatic rings. The number of phenols is 1. The minimum Gasteiger partial charge on any atom is -0.508 e. The molecule has 0 heterocycles. The number of rotatable bonds is 20. The highest BCUT2D eigenvalue weighted by Crippen LogP contribution is 2.32. The second-order valence-electron chi connectivity index (χ2n) is 15.2. The van der Waals surface area contributed by atoms with Crippen LogP contribution in [0.3, 0.4) is 0 Å². The van der Waals surface area contributed by atoms with Crippen LogP contribution in [0.5, 0.6) is 11.5 Å². The van der Waals surface area contributed by atoms with Crippen LogP contribution in [0, 0.1) is 23.0 Å². The molecule has 4 N–H and O–H groups in total. The lowest BCUT2D eigenvalue weighted by Crippen LogP contribution is -2.52. The summed E-state index contributed by atoms with van der Waals surface area (Å²) in [6.07, 6.45) is 0.490. The highest BCUT2D eigenvalue weighted by molar-refractivity contribution is 6.00. The van der Waals surface area contributed by atoms with Crippen LogP contribution in [-0.2, 0) is 20.8 Å². The summed E-state index contributed by atoms with van der Waals surface area (Å²) < 4.78 is 62.5. The topological polar surface area (TPSA) is 131 Å². The number of benzene rings is 3. The maximum absolute atomic E-state index is 14.5. The molecule has 4 unspecified atom stereocenters. The van der Waals surface area contributed by atoms with Crippen LogP contribution < -0.4 is 25.2 Å². The van der Waals surface area contributed by atoms with Crippen molar-refractivity contribution in [2.24, 2.45) is 11.3 Å². The predicted octanol–water partition coefficient (Wildman–Crippen LogP) is 7.22. The Bertz CT molecular complexity index is 1900. The molecule has 0 aliphatic heterocycles. The SMILES string of the molecule is C=CCN(C(=O)C(CC1C=C(F)CC(F)C1)NC(O)CC(C)(C)CC(=O)N[C@@H](Cc1cc(F)cc(F)c1)C(=O)N(CC=C)c1ccc(O)cc1)c1ccc(OC)cc1. The Labute approximate surface area is 336 Å². The Hall–Kier alpha value is -5.47. The smallest absolute Gasteiger partial charge is 0.250 e. The number of alkyl halides is 1. The molecule has 0 bridgehead atoms. The van der Waals surface area contributed by atoms with Crippen molar-refractivity contribution in [1.29, 1.82) is 0 Å². The highest BCUT2D eigenvalue weighted by atomic mass is 19.1. The number of aromatic hydroxyl groups is 1. The monoisotopic (exact) mass is 808 g/mol. The van der Waals surface area contributed by atoms with Crippen LogP contribution in [0.4, 0.5) is 28.9 Å². The number of aliphatic hydroxyl groups excluding tert-OH is 1. The third-order valence-corrected chi connectivity index (χ3v) is 9.70. The molecule has 3 aromatic rings. The normalized spacial score (nSPS) is 16.9. The fraction of sp³-hybridized carbons (Fsp3) is 0.386. The predicted molar refractivity (Wildman–Crippen MR) is 216 cm³/mol. The van der Waals surface area contributed by atoms with Gasteiger partial charge in [0.25, 0.3) is 0 Å². The lowest BCUT2D eigenvalue weighted by molar-refractivity contribution is -0.129. The summed E-state index contributed by atoms with van der Waals surface area (Å²) in [5.74, 6) is -4.18. The van der Waals surface area contributed by atoms with E-state index in [1.165, 1.54) is 59.4 Å². The number of carbonyl (C=O) groups excluding carboxylic acids is 3. The summed E-state index contributed by atoms with van der Waals surface area (Å²) in [5.41, 5.74) is 0.0119. The molecule has 4 rings (SSSR count). The molecule has 14 heteroatoms. The number of methoxy groups -OCH3 is 1. The van der Waals surface area contributed by atoms with Crippen LogP contribution in [0.15, 0.2) is 104 Å². The summed E-state index contributed by atoms with van der Waals surface area (Å²) in [6.45, 7) is 11.0. The quantitative estimate of drug-likeness (QED) is 0.0539. The molecule has 10 nitrogen and oxygen atoms in total. The van der Waals surface area contributed by atoms with E-state index in [2.05, 4.69) is 23.8 Å². The first-order valence-electron chi connectivity index (χ1n) is 19.0. The average molecular weight is 809 g/mol. The molecule has 5 atom stereocenters. The van der Waals surface area contributed by atoms with Crippen LogP contribution in [-0.4, -0.2) is 72.6 Å². The van der Waals surface area contributed by atoms with Gasteiger partial charge in [-0.25, -0.2) is 17.6 Å². The number of ether oxygens (including phenoxy) is 1. The molecule has 0 aromatic heterocycles. The molecule has 3 amide bonds. The third-order valence-electron chi connectivity index (χ3n) is 9.70. The van der Waals surface area contributed by atoms with Crippen molar-refractivity contribution < 1.29 is 46.9 Å². The standard InChI is InChI=1S/C44H52F4N4O6/c1-6-16-51(34-8-12-36(53)13-9-34)42(56)38(22-28-18-30(45)24-31(46)19-28)49-40(54)26-44(3,4)27-41(55)50-39(23-29-20-32(47)25-33(48)21-29)43(57)52(17-7-2)35-10-14-37(58-5)15-11-35/h6-15,18-20,24,29,33,38-39,41,50,53,55H,1-2,16-17,21-23,25-27H2,3-5H3,(H,49,54)/t29?,33?,38-,39?,41?/m0/s1. The van der Waals surface area contributed by atoms with E-state index in [9.17, 15) is 42.2 Å². The minimum absolute atomic E-state index is 0.00863. The molecule has 0 fully saturated rings. The van der Waals surface area contributed by atoms with E-state index in [-0.39, 0.29) is 62.9 Å². The van der Waals surface area contributed by atoms with Crippen molar-refractivity contribution in [3.8, 4) is 11.5 Å². The number of amides is 3. The number of nitrogens with one attached hydrogen (secondary N) is 2. The molecule has 58 heavy (non-hydrogen) atoms. The molecule has 0 saturated carbocycles. The van der Waals surface area contributed by atoms with Gasteiger partial charge in [0.2, 0.25) is 17.7 Å². The summed E-state index contributed by atoms with van der Waals surface area (Å²) >= 11 is 0. The van der Waals surface area contributed by atoms with Gasteiger partial charge in [-0.3, -0.25) is 19.7 Å². The van der Waals surface area contributed by atoms with Crippen LogP contribution in [0.25, 0.3) is 0 Å². The molecule has 0 spiro atoms. The van der Waals surface area contributed by atoms with E-state index in [1.54, 1.807) is 38.1 Å². The average Bonchev–Trinajstić information content (AvgIpc) is 3.14. The van der Waals surface area contributed by atoms with Gasteiger partial charge in [-0.1, -0.05) is 26.0 Å². The van der Waals surface area contributed by atoms with E-state index in [0.717, 1.165) is 12.1 Å². The zero-order valence-electron chi connectivity index (χ0n) is 33.0. The number of hydrogen-bond acceptors (Lipinski definition) is 7. The lowest BCUT2D eigenvalue weighted by Gasteiger charge is -2.34. The van der Waals surface area contributed by atoms with Crippen molar-refractivity contribution in [2.75, 3.05) is 30.0 Å². The maximum Gasteiger partial charge on any atom is 0.250 e. The number of aliphatic hydroxyl groups is 1. The van der Waals surface area contributed by atoms with E-state index in [1.807, 2.05) is 0 Å². The number of anilines is 2. The van der Waals surface area contributed by atoms with Crippen molar-refractivity contribution in [1.82, 2.24) is 10.6 Å². The fourth-order valence-electron chi connectivity index (χ4n) is 7.13. The van der Waals surface area contributed by atoms with Gasteiger partial charge in [0.1, 0.15) is 41.6 Å². The van der Waals surface area contributed by atoms with Crippen molar-refractivity contribution in [3.05, 3.63) is 121 Å². The van der Waals surface area contributed by atoms with Gasteiger partial charge in [-0.2, -0.15) is 0 Å². The molecule has 0 radical (unpaired) electrons. The Balaban J connectivity index is 1.54. The van der Waals surface area contributed by atoms with Crippen molar-refractivity contribution >= 4 is 29.1 Å². The molecular weight excluding hydrogens is 756 g/mol. The molecule has 0 saturated heterocycles. The number of hydrogen-bond donors (Lipinski definition) is 4. The van der Waals surface area contributed by atoms with Crippen LogP contribution in [0.2, 0.25) is 0 Å². The Kier molecular flexibility index (Phi) is 16.2. The van der Waals surface area contributed by atoms with E-state index < -0.39 is 71.0 Å². The Morgan fingerprint density at radius 1 is 0.914 bits per heavy atom. The number of halogens is 4. The third kappa shape index (κ3) is 13.3. The zero-order chi connectivity index (χ0) is 42.6. The van der Waals surface area contributed by atoms with Gasteiger partial charge in [-0.15, -0.1) is 13.2 Å². The largest absolute Gasteiger partial charge is 0.508 e. The number of nitrogens with zero attached hydrogens (tertiary/aromatic N) is 2. The van der Waals surface area contributed by atoms with E-state index >= 15 is 0 Å². The Morgan fingerprint density at radius 2 is 1.47 bits per heavy atom. The first-order chi connectivity index (χ1) is 27.5. The molecular formula is C44H52F4N4O6. The Morgan fingerprint density at radius 3 is 2.00 bits per heavy atom. The van der Waals surface area contributed by atoms with E-state index in [4.69, 9.17) is 4.74 Å². The van der Waals surface area contributed by atoms with Gasteiger partial charge < -0.3 is 30.1 Å².